The highest BCUT2D eigenvalue weighted by molar-refractivity contribution is 5.68. The van der Waals surface area contributed by atoms with Gasteiger partial charge < -0.3 is 5.73 Å². The fourth-order valence-corrected chi connectivity index (χ4v) is 5.20. The van der Waals surface area contributed by atoms with Gasteiger partial charge in [0.05, 0.1) is 5.41 Å². The van der Waals surface area contributed by atoms with Crippen molar-refractivity contribution in [1.29, 1.82) is 0 Å². The summed E-state index contributed by atoms with van der Waals surface area (Å²) in [4.78, 5) is 0. The van der Waals surface area contributed by atoms with Gasteiger partial charge in [-0.05, 0) is 53.2 Å². The minimum atomic E-state index is -0.188. The number of hydrogen-bond donors (Lipinski definition) is 1. The maximum atomic E-state index is 6.31. The highest BCUT2D eigenvalue weighted by Crippen LogP contribution is 2.60. The summed E-state index contributed by atoms with van der Waals surface area (Å²) in [5.41, 5.74) is 14.3. The highest BCUT2D eigenvalue weighted by Gasteiger charge is 2.51. The molecule has 5 rings (SSSR count). The normalized spacial score (nSPS) is 23.2. The molecule has 0 heterocycles. The topological polar surface area (TPSA) is 26.0 Å². The molecule has 2 N–H and O–H groups in total. The van der Waals surface area contributed by atoms with Crippen molar-refractivity contribution in [3.63, 3.8) is 0 Å². The van der Waals surface area contributed by atoms with Crippen molar-refractivity contribution in [1.82, 2.24) is 0 Å². The second-order valence-corrected chi connectivity index (χ2v) is 7.45. The Labute approximate surface area is 155 Å². The monoisotopic (exact) mass is 337 g/mol. The number of fused-ring (bicyclic) bond motifs is 2. The molecule has 0 bridgehead atoms. The molecule has 0 fully saturated rings. The summed E-state index contributed by atoms with van der Waals surface area (Å²) in [6, 6.07) is 22.0. The molecule has 0 saturated heterocycles. The molecule has 1 atom stereocenters. The van der Waals surface area contributed by atoms with Crippen LogP contribution < -0.4 is 5.73 Å². The number of rotatable bonds is 2. The summed E-state index contributed by atoms with van der Waals surface area (Å²) in [5.74, 6) is 0.439. The third kappa shape index (κ3) is 2.03. The van der Waals surface area contributed by atoms with E-state index in [2.05, 4.69) is 85.0 Å². The molecule has 1 nitrogen and oxygen atoms in total. The lowest BCUT2D eigenvalue weighted by atomic mass is 9.64. The summed E-state index contributed by atoms with van der Waals surface area (Å²) >= 11 is 0. The number of hydrogen-bond acceptors (Lipinski definition) is 1. The van der Waals surface area contributed by atoms with Gasteiger partial charge in [0.1, 0.15) is 0 Å². The highest BCUT2D eigenvalue weighted by atomic mass is 14.6. The fraction of sp³-hybridized carbons (Fsp3) is 0.200. The van der Waals surface area contributed by atoms with Gasteiger partial charge in [0, 0.05) is 11.6 Å². The molecule has 0 amide bonds. The van der Waals surface area contributed by atoms with E-state index in [1.54, 1.807) is 5.57 Å². The van der Waals surface area contributed by atoms with Gasteiger partial charge in [0.15, 0.2) is 0 Å². The van der Waals surface area contributed by atoms with Gasteiger partial charge in [0.25, 0.3) is 0 Å². The molecule has 3 aliphatic carbocycles. The van der Waals surface area contributed by atoms with Gasteiger partial charge in [-0.2, -0.15) is 0 Å². The van der Waals surface area contributed by atoms with Crippen molar-refractivity contribution in [3.05, 3.63) is 119 Å². The van der Waals surface area contributed by atoms with Crippen LogP contribution in [0.15, 0.2) is 107 Å². The van der Waals surface area contributed by atoms with Crippen LogP contribution in [0.1, 0.15) is 30.4 Å². The van der Waals surface area contributed by atoms with Crippen molar-refractivity contribution in [2.24, 2.45) is 11.7 Å². The van der Waals surface area contributed by atoms with E-state index in [-0.39, 0.29) is 5.41 Å². The molecular weight excluding hydrogens is 314 g/mol. The molecule has 26 heavy (non-hydrogen) atoms. The van der Waals surface area contributed by atoms with Crippen LogP contribution in [-0.4, -0.2) is 0 Å². The van der Waals surface area contributed by atoms with Crippen LogP contribution in [0.5, 0.6) is 0 Å². The molecule has 0 aromatic heterocycles. The average molecular weight is 337 g/mol. The average Bonchev–Trinajstić information content (AvgIpc) is 3.00. The van der Waals surface area contributed by atoms with E-state index in [0.717, 1.165) is 25.0 Å². The summed E-state index contributed by atoms with van der Waals surface area (Å²) < 4.78 is 0. The summed E-state index contributed by atoms with van der Waals surface area (Å²) in [5, 5.41) is 0. The van der Waals surface area contributed by atoms with Crippen LogP contribution >= 0.6 is 0 Å². The van der Waals surface area contributed by atoms with E-state index in [1.165, 1.54) is 22.3 Å². The third-order valence-electron chi connectivity index (χ3n) is 6.17. The van der Waals surface area contributed by atoms with Gasteiger partial charge in [-0.1, -0.05) is 78.9 Å². The lowest BCUT2D eigenvalue weighted by Crippen LogP contribution is -2.32. The van der Waals surface area contributed by atoms with Gasteiger partial charge in [-0.25, -0.2) is 0 Å². The predicted molar refractivity (Wildman–Crippen MR) is 108 cm³/mol. The first kappa shape index (κ1) is 15.5. The zero-order valence-electron chi connectivity index (χ0n) is 14.9. The molecule has 1 heteroatoms. The van der Waals surface area contributed by atoms with Crippen LogP contribution in [0.2, 0.25) is 0 Å². The lowest BCUT2D eigenvalue weighted by Gasteiger charge is -2.38. The number of allylic oxidation sites excluding steroid dienone is 7. The summed E-state index contributed by atoms with van der Waals surface area (Å²) in [6.45, 7) is 0. The molecule has 0 saturated carbocycles. The van der Waals surface area contributed by atoms with Gasteiger partial charge in [-0.3, -0.25) is 0 Å². The Morgan fingerprint density at radius 1 is 0.885 bits per heavy atom. The largest absolute Gasteiger partial charge is 0.399 e. The third-order valence-corrected chi connectivity index (χ3v) is 6.17. The van der Waals surface area contributed by atoms with Gasteiger partial charge in [-0.15, -0.1) is 0 Å². The second kappa shape index (κ2) is 5.88. The van der Waals surface area contributed by atoms with Gasteiger partial charge in [0.2, 0.25) is 0 Å². The Morgan fingerprint density at radius 3 is 2.19 bits per heavy atom. The van der Waals surface area contributed by atoms with Crippen LogP contribution in [0, 0.1) is 5.92 Å². The zero-order chi connectivity index (χ0) is 17.6. The second-order valence-electron chi connectivity index (χ2n) is 7.45. The minimum absolute atomic E-state index is 0.188. The van der Waals surface area contributed by atoms with Crippen LogP contribution in [-0.2, 0) is 5.41 Å². The first-order valence-corrected chi connectivity index (χ1v) is 9.50. The number of benzene rings is 2. The van der Waals surface area contributed by atoms with Crippen LogP contribution in [0.3, 0.4) is 0 Å². The van der Waals surface area contributed by atoms with E-state index >= 15 is 0 Å². The van der Waals surface area contributed by atoms with E-state index in [4.69, 9.17) is 5.73 Å². The Kier molecular flexibility index (Phi) is 3.49. The smallest absolute Gasteiger partial charge is 0.0637 e. The molecule has 3 aliphatic rings. The van der Waals surface area contributed by atoms with Crippen molar-refractivity contribution < 1.29 is 0 Å². The van der Waals surface area contributed by atoms with E-state index in [9.17, 15) is 0 Å². The molecule has 1 unspecified atom stereocenters. The Morgan fingerprint density at radius 2 is 1.54 bits per heavy atom. The Hall–Kier alpha value is -2.80. The molecule has 0 spiro atoms. The first-order valence-electron chi connectivity index (χ1n) is 9.50. The SMILES string of the molecule is NC1=CCC2C(=C1)C(c1ccccc1)(c1ccccc1)C1=C2C=CCC1. The van der Waals surface area contributed by atoms with E-state index in [1.807, 2.05) is 0 Å². The Bertz CT molecular complexity index is 918. The maximum absolute atomic E-state index is 6.31. The Balaban J connectivity index is 1.89. The number of nitrogens with two attached hydrogens (primary N) is 1. The zero-order valence-corrected chi connectivity index (χ0v) is 14.9. The minimum Gasteiger partial charge on any atom is -0.399 e. The molecule has 0 aliphatic heterocycles. The van der Waals surface area contributed by atoms with E-state index in [0.29, 0.717) is 5.92 Å². The van der Waals surface area contributed by atoms with Crippen LogP contribution in [0.25, 0.3) is 0 Å². The maximum Gasteiger partial charge on any atom is 0.0637 e. The first-order chi connectivity index (χ1) is 12.8. The van der Waals surface area contributed by atoms with Crippen molar-refractivity contribution in [2.45, 2.75) is 24.7 Å². The fourth-order valence-electron chi connectivity index (χ4n) is 5.20. The van der Waals surface area contributed by atoms with Crippen molar-refractivity contribution in [3.8, 4) is 0 Å². The summed E-state index contributed by atoms with van der Waals surface area (Å²) in [6.07, 6.45) is 12.4. The molecule has 2 aromatic rings. The molecule has 0 radical (unpaired) electrons. The standard InChI is InChI=1S/C25H23N/c26-20-15-16-22-21-13-7-8-14-23(21)25(24(22)17-20,18-9-3-1-4-10-18)19-11-5-2-6-12-19/h1-7,9-13,15,17,22H,8,14,16,26H2. The van der Waals surface area contributed by atoms with Crippen molar-refractivity contribution >= 4 is 0 Å². The molecule has 128 valence electrons. The molecular formula is C25H23N. The van der Waals surface area contributed by atoms with Crippen LogP contribution in [0.4, 0.5) is 0 Å². The predicted octanol–water partition coefficient (Wildman–Crippen LogP) is 5.42. The van der Waals surface area contributed by atoms with Gasteiger partial charge >= 0.3 is 0 Å². The molecule has 2 aromatic carbocycles. The van der Waals surface area contributed by atoms with Crippen molar-refractivity contribution in [2.75, 3.05) is 0 Å². The summed E-state index contributed by atoms with van der Waals surface area (Å²) in [7, 11) is 0. The van der Waals surface area contributed by atoms with E-state index < -0.39 is 0 Å². The lowest BCUT2D eigenvalue weighted by molar-refractivity contribution is 0.633. The quantitative estimate of drug-likeness (QED) is 0.778.